The quantitative estimate of drug-likeness (QED) is 0.739. The highest BCUT2D eigenvalue weighted by atomic mass is 127. The molecule has 1 aromatic carbocycles. The summed E-state index contributed by atoms with van der Waals surface area (Å²) < 4.78 is 0.774. The molecule has 14 heavy (non-hydrogen) atoms. The van der Waals surface area contributed by atoms with Crippen LogP contribution >= 0.6 is 22.6 Å². The molecule has 0 fully saturated rings. The molecule has 0 saturated heterocycles. The zero-order valence-electron chi connectivity index (χ0n) is 7.27. The topological polar surface area (TPSA) is 83.6 Å². The number of benzene rings is 1. The Kier molecular flexibility index (Phi) is 3.70. The summed E-state index contributed by atoms with van der Waals surface area (Å²) in [6, 6.07) is 4.17. The van der Waals surface area contributed by atoms with Crippen LogP contribution < -0.4 is 5.73 Å². The number of aromatic hydroxyl groups is 1. The summed E-state index contributed by atoms with van der Waals surface area (Å²) in [5.41, 5.74) is 6.42. The highest BCUT2D eigenvalue weighted by Crippen LogP contribution is 2.24. The van der Waals surface area contributed by atoms with E-state index in [9.17, 15) is 4.79 Å². The average molecular weight is 307 g/mol. The van der Waals surface area contributed by atoms with Crippen LogP contribution in [-0.2, 0) is 4.79 Å². The molecule has 0 aromatic heterocycles. The van der Waals surface area contributed by atoms with E-state index in [0.717, 1.165) is 9.13 Å². The molecule has 0 heterocycles. The molecule has 76 valence electrons. The standard InChI is InChI=1S/C9H10INO3/c10-7-3-5(12)1-2-6(7)8(11)4-9(13)14/h1-3,8,12H,4,11H2,(H,13,14). The largest absolute Gasteiger partial charge is 0.508 e. The smallest absolute Gasteiger partial charge is 0.305 e. The predicted octanol–water partition coefficient (Wildman–Crippen LogP) is 1.47. The van der Waals surface area contributed by atoms with E-state index < -0.39 is 12.0 Å². The van der Waals surface area contributed by atoms with Gasteiger partial charge < -0.3 is 15.9 Å². The lowest BCUT2D eigenvalue weighted by Gasteiger charge is -2.11. The van der Waals surface area contributed by atoms with Gasteiger partial charge >= 0.3 is 5.97 Å². The predicted molar refractivity (Wildman–Crippen MR) is 60.0 cm³/mol. The molecule has 0 aliphatic carbocycles. The summed E-state index contributed by atoms with van der Waals surface area (Å²) in [5.74, 6) is -0.776. The van der Waals surface area contributed by atoms with Crippen molar-refractivity contribution in [1.29, 1.82) is 0 Å². The number of phenolic OH excluding ortho intramolecular Hbond substituents is 1. The number of hydrogen-bond donors (Lipinski definition) is 3. The molecule has 0 saturated carbocycles. The Morgan fingerprint density at radius 3 is 2.71 bits per heavy atom. The number of aliphatic carboxylic acids is 1. The summed E-state index contributed by atoms with van der Waals surface area (Å²) >= 11 is 2.02. The number of halogens is 1. The van der Waals surface area contributed by atoms with Gasteiger partial charge in [-0.2, -0.15) is 0 Å². The highest BCUT2D eigenvalue weighted by Gasteiger charge is 2.13. The van der Waals surface area contributed by atoms with E-state index in [1.807, 2.05) is 22.6 Å². The van der Waals surface area contributed by atoms with Crippen molar-refractivity contribution < 1.29 is 15.0 Å². The maximum Gasteiger partial charge on any atom is 0.305 e. The van der Waals surface area contributed by atoms with Gasteiger partial charge in [-0.05, 0) is 40.3 Å². The molecule has 4 nitrogen and oxygen atoms in total. The Hall–Kier alpha value is -0.820. The zero-order valence-corrected chi connectivity index (χ0v) is 9.43. The SMILES string of the molecule is NC(CC(=O)O)c1ccc(O)cc1I. The fourth-order valence-corrected chi connectivity index (χ4v) is 2.01. The zero-order chi connectivity index (χ0) is 10.7. The van der Waals surface area contributed by atoms with Crippen LogP contribution in [0.4, 0.5) is 0 Å². The van der Waals surface area contributed by atoms with Gasteiger partial charge in [0.25, 0.3) is 0 Å². The van der Waals surface area contributed by atoms with E-state index in [0.29, 0.717) is 0 Å². The lowest BCUT2D eigenvalue weighted by Crippen LogP contribution is -2.16. The van der Waals surface area contributed by atoms with Crippen molar-refractivity contribution in [1.82, 2.24) is 0 Å². The Bertz CT molecular complexity index is 354. The fraction of sp³-hybridized carbons (Fsp3) is 0.222. The van der Waals surface area contributed by atoms with Crippen LogP contribution in [-0.4, -0.2) is 16.2 Å². The molecular formula is C9H10INO3. The monoisotopic (exact) mass is 307 g/mol. The van der Waals surface area contributed by atoms with E-state index in [1.165, 1.54) is 6.07 Å². The Morgan fingerprint density at radius 1 is 1.57 bits per heavy atom. The third-order valence-electron chi connectivity index (χ3n) is 1.78. The van der Waals surface area contributed by atoms with E-state index in [-0.39, 0.29) is 12.2 Å². The normalized spacial score (nSPS) is 12.4. The van der Waals surface area contributed by atoms with Gasteiger partial charge in [-0.25, -0.2) is 0 Å². The van der Waals surface area contributed by atoms with E-state index in [4.69, 9.17) is 15.9 Å². The van der Waals surface area contributed by atoms with Gasteiger partial charge in [0.05, 0.1) is 6.42 Å². The lowest BCUT2D eigenvalue weighted by atomic mass is 10.1. The number of phenols is 1. The molecule has 0 bridgehead atoms. The van der Waals surface area contributed by atoms with E-state index in [1.54, 1.807) is 12.1 Å². The van der Waals surface area contributed by atoms with Crippen molar-refractivity contribution in [2.24, 2.45) is 5.73 Å². The number of carboxylic acid groups (broad SMARTS) is 1. The molecule has 0 radical (unpaired) electrons. The average Bonchev–Trinajstić information content (AvgIpc) is 2.01. The van der Waals surface area contributed by atoms with Gasteiger partial charge in [0.1, 0.15) is 5.75 Å². The number of carboxylic acids is 1. The first kappa shape index (κ1) is 11.3. The van der Waals surface area contributed by atoms with Gasteiger partial charge in [-0.15, -0.1) is 0 Å². The third-order valence-corrected chi connectivity index (χ3v) is 2.71. The van der Waals surface area contributed by atoms with Crippen molar-refractivity contribution in [2.45, 2.75) is 12.5 Å². The maximum atomic E-state index is 10.4. The molecule has 0 amide bonds. The number of hydrogen-bond acceptors (Lipinski definition) is 3. The minimum atomic E-state index is -0.929. The first-order valence-electron chi connectivity index (χ1n) is 3.96. The molecule has 1 aromatic rings. The molecule has 0 aliphatic rings. The number of nitrogens with two attached hydrogens (primary N) is 1. The van der Waals surface area contributed by atoms with Crippen LogP contribution in [0.2, 0.25) is 0 Å². The minimum Gasteiger partial charge on any atom is -0.508 e. The highest BCUT2D eigenvalue weighted by molar-refractivity contribution is 14.1. The van der Waals surface area contributed by atoms with Crippen molar-refractivity contribution in [3.63, 3.8) is 0 Å². The first-order valence-corrected chi connectivity index (χ1v) is 5.04. The molecule has 1 atom stereocenters. The Labute approximate surface area is 94.9 Å². The van der Waals surface area contributed by atoms with E-state index >= 15 is 0 Å². The fourth-order valence-electron chi connectivity index (χ4n) is 1.11. The minimum absolute atomic E-state index is 0.110. The molecule has 1 unspecified atom stereocenters. The molecule has 0 aliphatic heterocycles. The Balaban J connectivity index is 2.90. The third kappa shape index (κ3) is 2.85. The summed E-state index contributed by atoms with van der Waals surface area (Å²) in [6.45, 7) is 0. The van der Waals surface area contributed by atoms with Crippen molar-refractivity contribution in [3.05, 3.63) is 27.3 Å². The second-order valence-corrected chi connectivity index (χ2v) is 4.07. The number of carbonyl (C=O) groups is 1. The second kappa shape index (κ2) is 4.61. The summed E-state index contributed by atoms with van der Waals surface area (Å²) in [5, 5.41) is 17.7. The molecule has 4 N–H and O–H groups in total. The van der Waals surface area contributed by atoms with Crippen LogP contribution in [0.25, 0.3) is 0 Å². The van der Waals surface area contributed by atoms with E-state index in [2.05, 4.69) is 0 Å². The number of rotatable bonds is 3. The van der Waals surface area contributed by atoms with Gasteiger partial charge in [0.2, 0.25) is 0 Å². The van der Waals surface area contributed by atoms with Crippen molar-refractivity contribution in [3.8, 4) is 5.75 Å². The van der Waals surface area contributed by atoms with Crippen molar-refractivity contribution in [2.75, 3.05) is 0 Å². The van der Waals surface area contributed by atoms with Gasteiger partial charge in [0.15, 0.2) is 0 Å². The molecular weight excluding hydrogens is 297 g/mol. The van der Waals surface area contributed by atoms with Gasteiger partial charge in [0, 0.05) is 9.61 Å². The van der Waals surface area contributed by atoms with Crippen LogP contribution in [0.1, 0.15) is 18.0 Å². The van der Waals surface area contributed by atoms with Crippen LogP contribution in [0.3, 0.4) is 0 Å². The van der Waals surface area contributed by atoms with Crippen molar-refractivity contribution >= 4 is 28.6 Å². The summed E-state index contributed by atoms with van der Waals surface area (Å²) in [7, 11) is 0. The summed E-state index contributed by atoms with van der Waals surface area (Å²) in [4.78, 5) is 10.4. The molecule has 5 heteroatoms. The summed E-state index contributed by atoms with van der Waals surface area (Å²) in [6.07, 6.45) is -0.110. The van der Waals surface area contributed by atoms with Crippen LogP contribution in [0.15, 0.2) is 18.2 Å². The van der Waals surface area contributed by atoms with Gasteiger partial charge in [-0.3, -0.25) is 4.79 Å². The lowest BCUT2D eigenvalue weighted by molar-refractivity contribution is -0.137. The Morgan fingerprint density at radius 2 is 2.21 bits per heavy atom. The maximum absolute atomic E-state index is 10.4. The molecule has 0 spiro atoms. The van der Waals surface area contributed by atoms with Gasteiger partial charge in [-0.1, -0.05) is 6.07 Å². The first-order chi connectivity index (χ1) is 6.50. The van der Waals surface area contributed by atoms with Crippen LogP contribution in [0, 0.1) is 3.57 Å². The van der Waals surface area contributed by atoms with Crippen LogP contribution in [0.5, 0.6) is 5.75 Å². The molecule has 1 rings (SSSR count). The second-order valence-electron chi connectivity index (χ2n) is 2.91.